The molecule has 0 saturated carbocycles. The highest BCUT2D eigenvalue weighted by Gasteiger charge is 2.40. The van der Waals surface area contributed by atoms with Crippen LogP contribution >= 0.6 is 0 Å². The summed E-state index contributed by atoms with van der Waals surface area (Å²) in [5, 5.41) is -0.498. The Labute approximate surface area is 114 Å². The summed E-state index contributed by atoms with van der Waals surface area (Å²) in [6.07, 6.45) is 2.00. The maximum atomic E-state index is 12.3. The second-order valence-corrected chi connectivity index (χ2v) is 6.99. The molecule has 0 aromatic carbocycles. The lowest BCUT2D eigenvalue weighted by molar-refractivity contribution is -0.147. The molecule has 1 N–H and O–H groups in total. The molecule has 1 rings (SSSR count). The van der Waals surface area contributed by atoms with Crippen LogP contribution in [-0.2, 0) is 24.3 Å². The lowest BCUT2D eigenvalue weighted by atomic mass is 9.98. The Morgan fingerprint density at radius 1 is 1.42 bits per heavy atom. The molecule has 0 aromatic heterocycles. The zero-order valence-electron chi connectivity index (χ0n) is 11.8. The van der Waals surface area contributed by atoms with Gasteiger partial charge in [-0.2, -0.15) is 4.72 Å². The van der Waals surface area contributed by atoms with E-state index in [1.807, 2.05) is 6.92 Å². The van der Waals surface area contributed by atoms with Crippen LogP contribution in [-0.4, -0.2) is 45.5 Å². The van der Waals surface area contributed by atoms with E-state index in [4.69, 9.17) is 9.47 Å². The highest BCUT2D eigenvalue weighted by atomic mass is 32.2. The van der Waals surface area contributed by atoms with Crippen molar-refractivity contribution in [2.24, 2.45) is 0 Å². The van der Waals surface area contributed by atoms with Crippen LogP contribution in [0, 0.1) is 0 Å². The van der Waals surface area contributed by atoms with Crippen molar-refractivity contribution in [1.82, 2.24) is 4.72 Å². The van der Waals surface area contributed by atoms with E-state index in [0.29, 0.717) is 38.9 Å². The number of esters is 1. The van der Waals surface area contributed by atoms with Crippen molar-refractivity contribution in [1.29, 1.82) is 0 Å². The zero-order chi connectivity index (χ0) is 14.5. The van der Waals surface area contributed by atoms with Gasteiger partial charge in [-0.05, 0) is 26.2 Å². The average Bonchev–Trinajstić information content (AvgIpc) is 2.38. The van der Waals surface area contributed by atoms with E-state index in [-0.39, 0.29) is 0 Å². The summed E-state index contributed by atoms with van der Waals surface area (Å²) < 4.78 is 37.0. The summed E-state index contributed by atoms with van der Waals surface area (Å²) in [5.41, 5.74) is -1.19. The van der Waals surface area contributed by atoms with Gasteiger partial charge in [-0.25, -0.2) is 8.42 Å². The highest BCUT2D eigenvalue weighted by molar-refractivity contribution is 7.90. The fourth-order valence-corrected chi connectivity index (χ4v) is 4.10. The average molecular weight is 293 g/mol. The molecule has 1 aliphatic heterocycles. The molecule has 0 bridgehead atoms. The normalized spacial score (nSPS) is 20.8. The molecule has 0 aliphatic carbocycles. The van der Waals surface area contributed by atoms with Crippen molar-refractivity contribution >= 4 is 16.0 Å². The molecule has 19 heavy (non-hydrogen) atoms. The molecular formula is C12H23NO5S. The van der Waals surface area contributed by atoms with E-state index < -0.39 is 26.8 Å². The number of hydrogen-bond donors (Lipinski definition) is 1. The smallest absolute Gasteiger partial charge is 0.326 e. The van der Waals surface area contributed by atoms with Crippen LogP contribution in [0.25, 0.3) is 0 Å². The summed E-state index contributed by atoms with van der Waals surface area (Å²) in [5.74, 6) is -0.551. The van der Waals surface area contributed by atoms with Gasteiger partial charge in [0.1, 0.15) is 5.54 Å². The van der Waals surface area contributed by atoms with Crippen LogP contribution in [0.2, 0.25) is 0 Å². The topological polar surface area (TPSA) is 81.7 Å². The molecule has 1 saturated heterocycles. The molecule has 6 nitrogen and oxygen atoms in total. The molecule has 1 fully saturated rings. The maximum absolute atomic E-state index is 12.3. The third-order valence-electron chi connectivity index (χ3n) is 3.36. The zero-order valence-corrected chi connectivity index (χ0v) is 12.6. The standard InChI is InChI=1S/C12H23NO5S/c1-4-7-12(2,11(14)17-3)13-19(15,16)10-5-8-18-9-6-10/h10,13H,4-9H2,1-3H3. The van der Waals surface area contributed by atoms with E-state index in [2.05, 4.69) is 4.72 Å². The molecular weight excluding hydrogens is 270 g/mol. The summed E-state index contributed by atoms with van der Waals surface area (Å²) in [7, 11) is -2.29. The van der Waals surface area contributed by atoms with E-state index in [1.165, 1.54) is 7.11 Å². The molecule has 1 aliphatic rings. The van der Waals surface area contributed by atoms with Gasteiger partial charge >= 0.3 is 5.97 Å². The Morgan fingerprint density at radius 2 is 2.00 bits per heavy atom. The van der Waals surface area contributed by atoms with Gasteiger partial charge in [0, 0.05) is 13.2 Å². The van der Waals surface area contributed by atoms with Crippen molar-refractivity contribution in [2.45, 2.75) is 50.3 Å². The van der Waals surface area contributed by atoms with Gasteiger partial charge in [0.15, 0.2) is 0 Å². The number of hydrogen-bond acceptors (Lipinski definition) is 5. The quantitative estimate of drug-likeness (QED) is 0.733. The van der Waals surface area contributed by atoms with Crippen molar-refractivity contribution in [2.75, 3.05) is 20.3 Å². The number of rotatable bonds is 6. The van der Waals surface area contributed by atoms with Crippen LogP contribution < -0.4 is 4.72 Å². The first-order valence-corrected chi connectivity index (χ1v) is 8.09. The number of carbonyl (C=O) groups excluding carboxylic acids is 1. The van der Waals surface area contributed by atoms with E-state index in [0.717, 1.165) is 0 Å². The molecule has 1 heterocycles. The van der Waals surface area contributed by atoms with Crippen LogP contribution in [0.3, 0.4) is 0 Å². The minimum absolute atomic E-state index is 0.405. The Morgan fingerprint density at radius 3 is 2.47 bits per heavy atom. The van der Waals surface area contributed by atoms with Gasteiger partial charge < -0.3 is 9.47 Å². The first kappa shape index (κ1) is 16.4. The Kier molecular flexibility index (Phi) is 5.76. The Hall–Kier alpha value is -0.660. The number of ether oxygens (including phenoxy) is 2. The molecule has 0 radical (unpaired) electrons. The number of methoxy groups -OCH3 is 1. The van der Waals surface area contributed by atoms with E-state index >= 15 is 0 Å². The SMILES string of the molecule is CCCC(C)(NS(=O)(=O)C1CCOCC1)C(=O)OC. The van der Waals surface area contributed by atoms with Gasteiger partial charge in [-0.15, -0.1) is 0 Å². The number of carbonyl (C=O) groups is 1. The second-order valence-electron chi connectivity index (χ2n) is 5.03. The van der Waals surface area contributed by atoms with Gasteiger partial charge in [-0.3, -0.25) is 4.79 Å². The molecule has 7 heteroatoms. The first-order chi connectivity index (χ1) is 8.85. The summed E-state index contributed by atoms with van der Waals surface area (Å²) >= 11 is 0. The van der Waals surface area contributed by atoms with Gasteiger partial charge in [0.2, 0.25) is 10.0 Å². The molecule has 0 amide bonds. The largest absolute Gasteiger partial charge is 0.468 e. The Balaban J connectivity index is 2.85. The predicted octanol–water partition coefficient (Wildman–Crippen LogP) is 0.817. The van der Waals surface area contributed by atoms with Crippen LogP contribution in [0.15, 0.2) is 0 Å². The maximum Gasteiger partial charge on any atom is 0.326 e. The summed E-state index contributed by atoms with van der Waals surface area (Å²) in [6.45, 7) is 4.34. The van der Waals surface area contributed by atoms with Gasteiger partial charge in [0.05, 0.1) is 12.4 Å². The lowest BCUT2D eigenvalue weighted by Gasteiger charge is -2.31. The monoisotopic (exact) mass is 293 g/mol. The fraction of sp³-hybridized carbons (Fsp3) is 0.917. The van der Waals surface area contributed by atoms with Gasteiger partial charge in [0.25, 0.3) is 0 Å². The van der Waals surface area contributed by atoms with Crippen LogP contribution in [0.4, 0.5) is 0 Å². The molecule has 112 valence electrons. The molecule has 1 unspecified atom stereocenters. The van der Waals surface area contributed by atoms with E-state index in [1.54, 1.807) is 6.92 Å². The number of nitrogens with one attached hydrogen (secondary N) is 1. The third kappa shape index (κ3) is 4.15. The predicted molar refractivity (Wildman–Crippen MR) is 71.2 cm³/mol. The minimum atomic E-state index is -3.55. The van der Waals surface area contributed by atoms with Crippen molar-refractivity contribution in [3.8, 4) is 0 Å². The van der Waals surface area contributed by atoms with Crippen LogP contribution in [0.5, 0.6) is 0 Å². The lowest BCUT2D eigenvalue weighted by Crippen LogP contribution is -2.55. The van der Waals surface area contributed by atoms with E-state index in [9.17, 15) is 13.2 Å². The third-order valence-corrected chi connectivity index (χ3v) is 5.44. The van der Waals surface area contributed by atoms with Gasteiger partial charge in [-0.1, -0.05) is 13.3 Å². The molecule has 0 aromatic rings. The number of sulfonamides is 1. The fourth-order valence-electron chi connectivity index (χ4n) is 2.30. The second kappa shape index (κ2) is 6.67. The van der Waals surface area contributed by atoms with Crippen molar-refractivity contribution < 1.29 is 22.7 Å². The van der Waals surface area contributed by atoms with Crippen molar-refractivity contribution in [3.05, 3.63) is 0 Å². The van der Waals surface area contributed by atoms with Crippen LogP contribution in [0.1, 0.15) is 39.5 Å². The van der Waals surface area contributed by atoms with Crippen molar-refractivity contribution in [3.63, 3.8) is 0 Å². The minimum Gasteiger partial charge on any atom is -0.468 e. The highest BCUT2D eigenvalue weighted by Crippen LogP contribution is 2.21. The summed E-state index contributed by atoms with van der Waals surface area (Å²) in [6, 6.07) is 0. The molecule has 0 spiro atoms. The molecule has 1 atom stereocenters. The summed E-state index contributed by atoms with van der Waals surface area (Å²) in [4.78, 5) is 11.8. The first-order valence-electron chi connectivity index (χ1n) is 6.54. The Bertz CT molecular complexity index is 402.